The second kappa shape index (κ2) is 6.52. The Morgan fingerprint density at radius 2 is 2.17 bits per heavy atom. The number of nitrogens with zero attached hydrogens (tertiary/aromatic N) is 4. The zero-order valence-corrected chi connectivity index (χ0v) is 14.1. The maximum atomic E-state index is 12.7. The first-order valence-corrected chi connectivity index (χ1v) is 8.27. The normalized spacial score (nSPS) is 17.7. The van der Waals surface area contributed by atoms with Gasteiger partial charge in [-0.05, 0) is 50.8 Å². The van der Waals surface area contributed by atoms with E-state index in [1.807, 2.05) is 41.8 Å². The molecular formula is C18H24N4O. The van der Waals surface area contributed by atoms with Crippen LogP contribution < -0.4 is 0 Å². The molecule has 2 aromatic heterocycles. The average Bonchev–Trinajstić information content (AvgIpc) is 3.13. The fourth-order valence-electron chi connectivity index (χ4n) is 3.50. The summed E-state index contributed by atoms with van der Waals surface area (Å²) in [7, 11) is 1.95. The largest absolute Gasteiger partial charge is 0.334 e. The summed E-state index contributed by atoms with van der Waals surface area (Å²) in [5, 5.41) is 4.43. The van der Waals surface area contributed by atoms with Gasteiger partial charge in [-0.15, -0.1) is 0 Å². The molecule has 2 aromatic rings. The summed E-state index contributed by atoms with van der Waals surface area (Å²) in [5.74, 6) is 0.223. The van der Waals surface area contributed by atoms with Crippen molar-refractivity contribution in [2.45, 2.75) is 45.6 Å². The van der Waals surface area contributed by atoms with Gasteiger partial charge in [0.15, 0.2) is 0 Å². The van der Waals surface area contributed by atoms with Gasteiger partial charge in [0.05, 0.1) is 17.4 Å². The third kappa shape index (κ3) is 3.14. The summed E-state index contributed by atoms with van der Waals surface area (Å²) in [6, 6.07) is 6.07. The molecule has 0 aliphatic carbocycles. The predicted molar refractivity (Wildman–Crippen MR) is 88.9 cm³/mol. The Bertz CT molecular complexity index is 693. The van der Waals surface area contributed by atoms with E-state index in [4.69, 9.17) is 0 Å². The molecule has 3 heterocycles. The van der Waals surface area contributed by atoms with Gasteiger partial charge in [-0.1, -0.05) is 6.07 Å². The molecule has 0 spiro atoms. The Morgan fingerprint density at radius 3 is 2.83 bits per heavy atom. The molecule has 0 aromatic carbocycles. The standard InChI is InChI=1S/C18H24N4O/c1-13-15(14(2)21(3)20-13)9-10-18(23)22-12-6-8-17(22)16-7-4-5-11-19-16/h4-5,7,11,17H,6,8-10,12H2,1-3H3/t17-/m1/s1. The van der Waals surface area contributed by atoms with Gasteiger partial charge in [0.25, 0.3) is 0 Å². The van der Waals surface area contributed by atoms with Crippen LogP contribution in [-0.4, -0.2) is 32.1 Å². The van der Waals surface area contributed by atoms with E-state index in [1.54, 1.807) is 6.20 Å². The van der Waals surface area contributed by atoms with Crippen LogP contribution in [0.25, 0.3) is 0 Å². The summed E-state index contributed by atoms with van der Waals surface area (Å²) >= 11 is 0. The van der Waals surface area contributed by atoms with Gasteiger partial charge >= 0.3 is 0 Å². The topological polar surface area (TPSA) is 51.0 Å². The first-order valence-electron chi connectivity index (χ1n) is 8.27. The van der Waals surface area contributed by atoms with Crippen LogP contribution in [0.1, 0.15) is 47.9 Å². The molecule has 5 heteroatoms. The molecule has 1 aliphatic rings. The van der Waals surface area contributed by atoms with Crippen LogP contribution in [0.15, 0.2) is 24.4 Å². The molecule has 1 amide bonds. The molecule has 3 rings (SSSR count). The van der Waals surface area contributed by atoms with Crippen molar-refractivity contribution in [3.05, 3.63) is 47.0 Å². The van der Waals surface area contributed by atoms with Crippen molar-refractivity contribution in [2.24, 2.45) is 7.05 Å². The van der Waals surface area contributed by atoms with Gasteiger partial charge in [-0.3, -0.25) is 14.5 Å². The third-order valence-corrected chi connectivity index (χ3v) is 4.85. The van der Waals surface area contributed by atoms with E-state index in [2.05, 4.69) is 17.0 Å². The fourth-order valence-corrected chi connectivity index (χ4v) is 3.50. The minimum Gasteiger partial charge on any atom is -0.334 e. The molecule has 1 fully saturated rings. The predicted octanol–water partition coefficient (Wildman–Crippen LogP) is 2.73. The molecule has 23 heavy (non-hydrogen) atoms. The van der Waals surface area contributed by atoms with Gasteiger partial charge in [0, 0.05) is 31.9 Å². The van der Waals surface area contributed by atoms with Crippen LogP contribution in [0.4, 0.5) is 0 Å². The molecule has 0 saturated carbocycles. The van der Waals surface area contributed by atoms with Crippen molar-refractivity contribution in [3.8, 4) is 0 Å². The van der Waals surface area contributed by atoms with Gasteiger partial charge in [-0.2, -0.15) is 5.10 Å². The molecule has 1 atom stereocenters. The molecule has 0 radical (unpaired) electrons. The monoisotopic (exact) mass is 312 g/mol. The van der Waals surface area contributed by atoms with Crippen LogP contribution in [-0.2, 0) is 18.3 Å². The SMILES string of the molecule is Cc1nn(C)c(C)c1CCC(=O)N1CCC[C@@H]1c1ccccn1. The molecule has 0 bridgehead atoms. The number of hydrogen-bond donors (Lipinski definition) is 0. The van der Waals surface area contributed by atoms with Crippen molar-refractivity contribution in [1.29, 1.82) is 0 Å². The Hall–Kier alpha value is -2.17. The first-order chi connectivity index (χ1) is 11.1. The lowest BCUT2D eigenvalue weighted by Crippen LogP contribution is -2.31. The van der Waals surface area contributed by atoms with E-state index in [1.165, 1.54) is 5.56 Å². The smallest absolute Gasteiger partial charge is 0.223 e. The first kappa shape index (κ1) is 15.7. The highest BCUT2D eigenvalue weighted by Gasteiger charge is 2.30. The lowest BCUT2D eigenvalue weighted by atomic mass is 10.1. The Kier molecular flexibility index (Phi) is 4.46. The van der Waals surface area contributed by atoms with Crippen LogP contribution >= 0.6 is 0 Å². The lowest BCUT2D eigenvalue weighted by molar-refractivity contribution is -0.132. The summed E-state index contributed by atoms with van der Waals surface area (Å²) in [6.45, 7) is 4.91. The number of amides is 1. The summed E-state index contributed by atoms with van der Waals surface area (Å²) in [5.41, 5.74) is 4.39. The number of likely N-dealkylation sites (tertiary alicyclic amines) is 1. The second-order valence-corrected chi connectivity index (χ2v) is 6.27. The van der Waals surface area contributed by atoms with Crippen molar-refractivity contribution in [2.75, 3.05) is 6.54 Å². The molecule has 0 N–H and O–H groups in total. The number of aryl methyl sites for hydroxylation is 2. The zero-order chi connectivity index (χ0) is 16.4. The maximum absolute atomic E-state index is 12.7. The number of carbonyl (C=O) groups excluding carboxylic acids is 1. The summed E-state index contributed by atoms with van der Waals surface area (Å²) < 4.78 is 1.89. The Morgan fingerprint density at radius 1 is 1.35 bits per heavy atom. The van der Waals surface area contributed by atoms with E-state index < -0.39 is 0 Å². The highest BCUT2D eigenvalue weighted by atomic mass is 16.2. The molecule has 5 nitrogen and oxygen atoms in total. The number of carbonyl (C=O) groups is 1. The zero-order valence-electron chi connectivity index (χ0n) is 14.1. The van der Waals surface area contributed by atoms with Gasteiger partial charge in [-0.25, -0.2) is 0 Å². The van der Waals surface area contributed by atoms with Crippen molar-refractivity contribution in [1.82, 2.24) is 19.7 Å². The van der Waals surface area contributed by atoms with Crippen molar-refractivity contribution in [3.63, 3.8) is 0 Å². The molecule has 1 aliphatic heterocycles. The van der Waals surface area contributed by atoms with Crippen molar-refractivity contribution < 1.29 is 4.79 Å². The van der Waals surface area contributed by atoms with Crippen LogP contribution in [0.3, 0.4) is 0 Å². The number of aromatic nitrogens is 3. The Balaban J connectivity index is 1.68. The Labute approximate surface area is 137 Å². The van der Waals surface area contributed by atoms with E-state index >= 15 is 0 Å². The van der Waals surface area contributed by atoms with Crippen molar-refractivity contribution >= 4 is 5.91 Å². The number of pyridine rings is 1. The highest BCUT2D eigenvalue weighted by Crippen LogP contribution is 2.31. The van der Waals surface area contributed by atoms with Gasteiger partial charge in [0.1, 0.15) is 0 Å². The van der Waals surface area contributed by atoms with Gasteiger partial charge < -0.3 is 4.90 Å². The molecule has 1 saturated heterocycles. The number of hydrogen-bond acceptors (Lipinski definition) is 3. The maximum Gasteiger partial charge on any atom is 0.223 e. The number of rotatable bonds is 4. The van der Waals surface area contributed by atoms with Gasteiger partial charge in [0.2, 0.25) is 5.91 Å². The minimum absolute atomic E-state index is 0.139. The summed E-state index contributed by atoms with van der Waals surface area (Å²) in [6.07, 6.45) is 5.16. The minimum atomic E-state index is 0.139. The summed E-state index contributed by atoms with van der Waals surface area (Å²) in [4.78, 5) is 19.1. The van der Waals surface area contributed by atoms with Crippen LogP contribution in [0.2, 0.25) is 0 Å². The molecule has 122 valence electrons. The van der Waals surface area contributed by atoms with Crippen LogP contribution in [0, 0.1) is 13.8 Å². The molecular weight excluding hydrogens is 288 g/mol. The lowest BCUT2D eigenvalue weighted by Gasteiger charge is -2.24. The van der Waals surface area contributed by atoms with E-state index in [-0.39, 0.29) is 11.9 Å². The van der Waals surface area contributed by atoms with E-state index in [0.29, 0.717) is 6.42 Å². The average molecular weight is 312 g/mol. The third-order valence-electron chi connectivity index (χ3n) is 4.85. The second-order valence-electron chi connectivity index (χ2n) is 6.27. The van der Waals surface area contributed by atoms with E-state index in [9.17, 15) is 4.79 Å². The molecule has 0 unspecified atom stereocenters. The van der Waals surface area contributed by atoms with E-state index in [0.717, 1.165) is 42.9 Å². The fraction of sp³-hybridized carbons (Fsp3) is 0.500. The highest BCUT2D eigenvalue weighted by molar-refractivity contribution is 5.77. The quantitative estimate of drug-likeness (QED) is 0.872. The van der Waals surface area contributed by atoms with Crippen LogP contribution in [0.5, 0.6) is 0 Å².